The second kappa shape index (κ2) is 11.9. The van der Waals surface area contributed by atoms with Crippen LogP contribution in [-0.4, -0.2) is 6.18 Å². The van der Waals surface area contributed by atoms with Crippen LogP contribution < -0.4 is 4.74 Å². The first-order valence-corrected chi connectivity index (χ1v) is 12.7. The Labute approximate surface area is 248 Å². The molecule has 0 bridgehead atoms. The van der Waals surface area contributed by atoms with E-state index in [0.717, 1.165) is 23.6 Å². The average molecular weight is 628 g/mol. The fourth-order valence-electron chi connectivity index (χ4n) is 4.31. The fourth-order valence-corrected chi connectivity index (χ4v) is 4.31. The van der Waals surface area contributed by atoms with Crippen molar-refractivity contribution in [2.24, 2.45) is 0 Å². The third-order valence-electron chi connectivity index (χ3n) is 6.33. The van der Waals surface area contributed by atoms with Crippen LogP contribution in [0.4, 0.5) is 43.9 Å². The van der Waals surface area contributed by atoms with Crippen molar-refractivity contribution in [1.29, 1.82) is 0 Å². The van der Waals surface area contributed by atoms with E-state index in [4.69, 9.17) is 0 Å². The number of hydrogen-bond acceptors (Lipinski definition) is 1. The Morgan fingerprint density at radius 3 is 1.91 bits per heavy atom. The first-order chi connectivity index (χ1) is 21.2. The summed E-state index contributed by atoms with van der Waals surface area (Å²) in [7, 11) is 0. The molecule has 0 spiro atoms. The summed E-state index contributed by atoms with van der Waals surface area (Å²) in [6.07, 6.45) is -9.68. The highest BCUT2D eigenvalue weighted by Gasteiger charge is 2.41. The summed E-state index contributed by atoms with van der Waals surface area (Å²) in [4.78, 5) is 0. The number of benzene rings is 5. The SMILES string of the molecule is Fc1cc(-c2ccccc2)ccc1C#Cc1cc(F)c(C(F)(F)Oc2ccc3c(F)c(C#CC(F)(F)F)c(F)cc3c2)c(F)c1. The Kier molecular flexibility index (Phi) is 8.22. The van der Waals surface area contributed by atoms with Gasteiger partial charge < -0.3 is 4.74 Å². The number of alkyl halides is 5. The maximum Gasteiger partial charge on any atom is 0.458 e. The van der Waals surface area contributed by atoms with Crippen molar-refractivity contribution in [3.63, 3.8) is 0 Å². The number of fused-ring (bicyclic) bond motifs is 1. The topological polar surface area (TPSA) is 9.23 Å². The van der Waals surface area contributed by atoms with Gasteiger partial charge in [-0.25, -0.2) is 22.0 Å². The van der Waals surface area contributed by atoms with Crippen LogP contribution in [0.15, 0.2) is 84.9 Å². The molecule has 0 aliphatic heterocycles. The van der Waals surface area contributed by atoms with Gasteiger partial charge in [-0.3, -0.25) is 0 Å². The molecule has 0 aliphatic carbocycles. The highest BCUT2D eigenvalue weighted by molar-refractivity contribution is 5.86. The Hall–Kier alpha value is -5.42. The lowest BCUT2D eigenvalue weighted by Gasteiger charge is -2.20. The minimum atomic E-state index is -5.03. The van der Waals surface area contributed by atoms with Gasteiger partial charge in [0.2, 0.25) is 0 Å². The molecule has 11 heteroatoms. The highest BCUT2D eigenvalue weighted by Crippen LogP contribution is 2.37. The van der Waals surface area contributed by atoms with Gasteiger partial charge in [0.05, 0.1) is 11.1 Å². The molecule has 0 saturated heterocycles. The summed E-state index contributed by atoms with van der Waals surface area (Å²) in [5.74, 6) is -1.20. The van der Waals surface area contributed by atoms with Crippen LogP contribution in [0, 0.1) is 52.8 Å². The molecule has 0 N–H and O–H groups in total. The van der Waals surface area contributed by atoms with Crippen LogP contribution in [0.1, 0.15) is 22.3 Å². The molecular formula is C34H14F10O. The van der Waals surface area contributed by atoms with Crippen LogP contribution >= 0.6 is 0 Å². The molecular weight excluding hydrogens is 614 g/mol. The molecule has 45 heavy (non-hydrogen) atoms. The largest absolute Gasteiger partial charge is 0.458 e. The number of rotatable bonds is 4. The van der Waals surface area contributed by atoms with Crippen molar-refractivity contribution in [3.8, 4) is 40.6 Å². The molecule has 5 rings (SSSR count). The first-order valence-electron chi connectivity index (χ1n) is 12.7. The third-order valence-corrected chi connectivity index (χ3v) is 6.33. The molecule has 0 radical (unpaired) electrons. The van der Waals surface area contributed by atoms with Crippen LogP contribution in [0.3, 0.4) is 0 Å². The Morgan fingerprint density at radius 2 is 1.27 bits per heavy atom. The van der Waals surface area contributed by atoms with Gasteiger partial charge in [0.15, 0.2) is 0 Å². The number of ether oxygens (including phenoxy) is 1. The molecule has 1 nitrogen and oxygen atoms in total. The molecule has 0 heterocycles. The standard InChI is InChI=1S/C34H14F10O/c35-27-17-22(20-4-2-1-3-5-20)9-8-21(27)7-6-19-14-29(37)31(30(38)15-19)34(43,44)45-24-10-11-25-23(16-24)18-28(36)26(32(25)39)12-13-33(40,41)42/h1-5,8-11,14-18H. The van der Waals surface area contributed by atoms with E-state index >= 15 is 0 Å². The molecule has 0 aromatic heterocycles. The molecule has 226 valence electrons. The molecule has 0 amide bonds. The van der Waals surface area contributed by atoms with Gasteiger partial charge in [0, 0.05) is 16.9 Å². The van der Waals surface area contributed by atoms with Gasteiger partial charge in [-0.05, 0) is 65.0 Å². The van der Waals surface area contributed by atoms with Gasteiger partial charge in [-0.15, -0.1) is 0 Å². The van der Waals surface area contributed by atoms with E-state index in [2.05, 4.69) is 16.6 Å². The lowest BCUT2D eigenvalue weighted by molar-refractivity contribution is -0.189. The molecule has 0 aliphatic rings. The zero-order valence-corrected chi connectivity index (χ0v) is 22.3. The van der Waals surface area contributed by atoms with Crippen molar-refractivity contribution in [1.82, 2.24) is 0 Å². The summed E-state index contributed by atoms with van der Waals surface area (Å²) in [6.45, 7) is 0. The van der Waals surface area contributed by atoms with E-state index in [1.165, 1.54) is 18.1 Å². The lowest BCUT2D eigenvalue weighted by atomic mass is 10.0. The molecule has 5 aromatic carbocycles. The van der Waals surface area contributed by atoms with Crippen molar-refractivity contribution in [2.75, 3.05) is 0 Å². The van der Waals surface area contributed by atoms with E-state index in [1.54, 1.807) is 36.4 Å². The molecule has 5 aromatic rings. The fraction of sp³-hybridized carbons (Fsp3) is 0.0588. The monoisotopic (exact) mass is 628 g/mol. The zero-order chi connectivity index (χ0) is 32.5. The van der Waals surface area contributed by atoms with Crippen molar-refractivity contribution < 1.29 is 48.6 Å². The average Bonchev–Trinajstić information content (AvgIpc) is 2.95. The van der Waals surface area contributed by atoms with Crippen LogP contribution in [0.2, 0.25) is 0 Å². The third kappa shape index (κ3) is 6.89. The summed E-state index contributed by atoms with van der Waals surface area (Å²) in [5.41, 5.74) is -2.21. The van der Waals surface area contributed by atoms with Gasteiger partial charge in [0.25, 0.3) is 0 Å². The van der Waals surface area contributed by atoms with Gasteiger partial charge in [-0.1, -0.05) is 54.2 Å². The van der Waals surface area contributed by atoms with Crippen molar-refractivity contribution in [2.45, 2.75) is 12.3 Å². The van der Waals surface area contributed by atoms with E-state index in [0.29, 0.717) is 29.8 Å². The predicted molar refractivity (Wildman–Crippen MR) is 145 cm³/mol. The predicted octanol–water partition coefficient (Wildman–Crippen LogP) is 9.64. The summed E-state index contributed by atoms with van der Waals surface area (Å²) >= 11 is 0. The van der Waals surface area contributed by atoms with Crippen molar-refractivity contribution >= 4 is 10.8 Å². The smallest absolute Gasteiger partial charge is 0.429 e. The Morgan fingerprint density at radius 1 is 0.578 bits per heavy atom. The van der Waals surface area contributed by atoms with Crippen LogP contribution in [0.5, 0.6) is 5.75 Å². The van der Waals surface area contributed by atoms with Crippen LogP contribution in [0.25, 0.3) is 21.9 Å². The maximum atomic E-state index is 15.0. The van der Waals surface area contributed by atoms with Crippen molar-refractivity contribution in [3.05, 3.63) is 136 Å². The van der Waals surface area contributed by atoms with E-state index in [9.17, 15) is 43.9 Å². The number of halogens is 10. The molecule has 0 saturated carbocycles. The minimum Gasteiger partial charge on any atom is -0.429 e. The normalized spacial score (nSPS) is 11.4. The Bertz CT molecular complexity index is 2040. The van der Waals surface area contributed by atoms with Crippen LogP contribution in [-0.2, 0) is 6.11 Å². The zero-order valence-electron chi connectivity index (χ0n) is 22.3. The van der Waals surface area contributed by atoms with E-state index < -0.39 is 74.6 Å². The second-order valence-electron chi connectivity index (χ2n) is 9.42. The van der Waals surface area contributed by atoms with Gasteiger partial charge in [-0.2, -0.15) is 22.0 Å². The second-order valence-corrected chi connectivity index (χ2v) is 9.42. The first kappa shape index (κ1) is 31.0. The maximum absolute atomic E-state index is 15.0. The Balaban J connectivity index is 1.40. The summed E-state index contributed by atoms with van der Waals surface area (Å²) < 4.78 is 145. The summed E-state index contributed by atoms with van der Waals surface area (Å²) in [6, 6.07) is 16.8. The van der Waals surface area contributed by atoms with E-state index in [1.807, 2.05) is 0 Å². The van der Waals surface area contributed by atoms with E-state index in [-0.39, 0.29) is 5.56 Å². The molecule has 0 atom stereocenters. The minimum absolute atomic E-state index is 0.114. The lowest BCUT2D eigenvalue weighted by Crippen LogP contribution is -2.25. The summed E-state index contributed by atoms with van der Waals surface area (Å²) in [5, 5.41) is -0.892. The van der Waals surface area contributed by atoms with Gasteiger partial charge >= 0.3 is 12.3 Å². The highest BCUT2D eigenvalue weighted by atomic mass is 19.4. The van der Waals surface area contributed by atoms with Gasteiger partial charge in [0.1, 0.15) is 40.4 Å². The molecule has 0 unspecified atom stereocenters. The number of hydrogen-bond donors (Lipinski definition) is 0. The quantitative estimate of drug-likeness (QED) is 0.142. The molecule has 0 fully saturated rings.